The van der Waals surface area contributed by atoms with Crippen molar-refractivity contribution < 1.29 is 4.79 Å². The van der Waals surface area contributed by atoms with Crippen LogP contribution in [0.15, 0.2) is 22.9 Å². The Balaban J connectivity index is 2.78. The maximum atomic E-state index is 11.8. The molecular weight excluding hydrogens is 244 g/mol. The Morgan fingerprint density at radius 3 is 2.86 bits per heavy atom. The van der Waals surface area contributed by atoms with Crippen molar-refractivity contribution in [2.24, 2.45) is 0 Å². The first-order valence-electron chi connectivity index (χ1n) is 4.51. The summed E-state index contributed by atoms with van der Waals surface area (Å²) in [5, 5.41) is 0. The lowest BCUT2D eigenvalue weighted by Crippen LogP contribution is -2.27. The van der Waals surface area contributed by atoms with E-state index in [0.717, 1.165) is 17.4 Å². The molecule has 0 spiro atoms. The maximum absolute atomic E-state index is 11.8. The second-order valence-corrected chi connectivity index (χ2v) is 4.03. The van der Waals surface area contributed by atoms with E-state index in [9.17, 15) is 4.79 Å². The van der Waals surface area contributed by atoms with Crippen molar-refractivity contribution in [3.63, 3.8) is 0 Å². The number of aromatic nitrogens is 1. The van der Waals surface area contributed by atoms with Gasteiger partial charge in [-0.15, -0.1) is 0 Å². The fraction of sp³-hybridized carbons (Fsp3) is 0.400. The summed E-state index contributed by atoms with van der Waals surface area (Å²) in [4.78, 5) is 17.4. The van der Waals surface area contributed by atoms with Gasteiger partial charge in [-0.1, -0.05) is 6.92 Å². The van der Waals surface area contributed by atoms with Crippen molar-refractivity contribution in [2.75, 3.05) is 13.6 Å². The molecule has 0 fully saturated rings. The van der Waals surface area contributed by atoms with Gasteiger partial charge in [-0.2, -0.15) is 0 Å². The predicted molar refractivity (Wildman–Crippen MR) is 59.2 cm³/mol. The molecule has 0 aliphatic heterocycles. The minimum absolute atomic E-state index is 0.0145. The van der Waals surface area contributed by atoms with Gasteiger partial charge in [-0.25, -0.2) is 0 Å². The van der Waals surface area contributed by atoms with Gasteiger partial charge in [0.2, 0.25) is 0 Å². The number of nitrogens with zero attached hydrogens (tertiary/aromatic N) is 2. The molecule has 1 aromatic rings. The summed E-state index contributed by atoms with van der Waals surface area (Å²) in [6.45, 7) is 2.81. The van der Waals surface area contributed by atoms with Crippen LogP contribution in [0.4, 0.5) is 0 Å². The number of carbonyl (C=O) groups is 1. The molecule has 1 rings (SSSR count). The molecule has 1 amide bonds. The molecule has 1 aromatic heterocycles. The van der Waals surface area contributed by atoms with E-state index in [4.69, 9.17) is 0 Å². The van der Waals surface area contributed by atoms with Gasteiger partial charge in [0.25, 0.3) is 5.91 Å². The van der Waals surface area contributed by atoms with Gasteiger partial charge in [0.05, 0.1) is 5.56 Å². The first-order valence-corrected chi connectivity index (χ1v) is 5.30. The van der Waals surface area contributed by atoms with Crippen LogP contribution in [0, 0.1) is 0 Å². The van der Waals surface area contributed by atoms with Crippen molar-refractivity contribution in [2.45, 2.75) is 13.3 Å². The Bertz CT molecular complexity index is 328. The smallest absolute Gasteiger partial charge is 0.255 e. The van der Waals surface area contributed by atoms with Crippen LogP contribution in [0.1, 0.15) is 23.7 Å². The topological polar surface area (TPSA) is 33.2 Å². The minimum atomic E-state index is 0.0145. The second-order valence-electron chi connectivity index (χ2n) is 3.12. The summed E-state index contributed by atoms with van der Waals surface area (Å²) in [5.74, 6) is 0.0145. The van der Waals surface area contributed by atoms with Crippen molar-refractivity contribution in [1.82, 2.24) is 9.88 Å². The highest BCUT2D eigenvalue weighted by Gasteiger charge is 2.10. The zero-order valence-corrected chi connectivity index (χ0v) is 9.91. The molecule has 76 valence electrons. The Labute approximate surface area is 92.3 Å². The van der Waals surface area contributed by atoms with Gasteiger partial charge in [0.15, 0.2) is 0 Å². The van der Waals surface area contributed by atoms with E-state index in [2.05, 4.69) is 20.9 Å². The van der Waals surface area contributed by atoms with Gasteiger partial charge in [0, 0.05) is 30.5 Å². The van der Waals surface area contributed by atoms with Crippen molar-refractivity contribution in [3.8, 4) is 0 Å². The molecule has 0 aromatic carbocycles. The van der Waals surface area contributed by atoms with Crippen LogP contribution in [-0.4, -0.2) is 29.4 Å². The van der Waals surface area contributed by atoms with Crippen LogP contribution in [0.5, 0.6) is 0 Å². The Morgan fingerprint density at radius 2 is 2.29 bits per heavy atom. The van der Waals surface area contributed by atoms with Gasteiger partial charge in [0.1, 0.15) is 0 Å². The summed E-state index contributed by atoms with van der Waals surface area (Å²) in [7, 11) is 1.80. The Morgan fingerprint density at radius 1 is 1.57 bits per heavy atom. The molecule has 3 nitrogen and oxygen atoms in total. The first kappa shape index (κ1) is 11.2. The molecule has 14 heavy (non-hydrogen) atoms. The van der Waals surface area contributed by atoms with E-state index in [1.165, 1.54) is 0 Å². The van der Waals surface area contributed by atoms with E-state index in [1.807, 2.05) is 6.92 Å². The fourth-order valence-corrected chi connectivity index (χ4v) is 1.55. The van der Waals surface area contributed by atoms with E-state index in [0.29, 0.717) is 5.56 Å². The highest BCUT2D eigenvalue weighted by Crippen LogP contribution is 2.11. The predicted octanol–water partition coefficient (Wildman–Crippen LogP) is 2.33. The molecular formula is C10H13BrN2O. The van der Waals surface area contributed by atoms with E-state index in [-0.39, 0.29) is 5.91 Å². The van der Waals surface area contributed by atoms with Crippen molar-refractivity contribution >= 4 is 21.8 Å². The Kier molecular flexibility index (Phi) is 4.07. The van der Waals surface area contributed by atoms with Crippen LogP contribution in [-0.2, 0) is 0 Å². The summed E-state index contributed by atoms with van der Waals surface area (Å²) >= 11 is 3.29. The molecule has 0 aliphatic carbocycles. The van der Waals surface area contributed by atoms with Gasteiger partial charge in [-0.3, -0.25) is 9.78 Å². The molecule has 0 aliphatic rings. The van der Waals surface area contributed by atoms with E-state index in [1.54, 1.807) is 30.4 Å². The number of hydrogen-bond donors (Lipinski definition) is 0. The fourth-order valence-electron chi connectivity index (χ4n) is 1.19. The van der Waals surface area contributed by atoms with Gasteiger partial charge in [-0.05, 0) is 28.4 Å². The van der Waals surface area contributed by atoms with Crippen LogP contribution < -0.4 is 0 Å². The standard InChI is InChI=1S/C10H13BrN2O/c1-3-4-13(2)10(14)8-5-9(11)7-12-6-8/h5-7H,3-4H2,1-2H3. The highest BCUT2D eigenvalue weighted by atomic mass is 79.9. The summed E-state index contributed by atoms with van der Waals surface area (Å²) in [6.07, 6.45) is 4.21. The highest BCUT2D eigenvalue weighted by molar-refractivity contribution is 9.10. The third-order valence-corrected chi connectivity index (χ3v) is 2.29. The molecule has 4 heteroatoms. The SMILES string of the molecule is CCCN(C)C(=O)c1cncc(Br)c1. The van der Waals surface area contributed by atoms with Crippen molar-refractivity contribution in [3.05, 3.63) is 28.5 Å². The lowest BCUT2D eigenvalue weighted by Gasteiger charge is -2.15. The van der Waals surface area contributed by atoms with Crippen LogP contribution in [0.2, 0.25) is 0 Å². The lowest BCUT2D eigenvalue weighted by atomic mass is 10.2. The molecule has 0 N–H and O–H groups in total. The molecule has 0 saturated heterocycles. The zero-order valence-electron chi connectivity index (χ0n) is 8.33. The quantitative estimate of drug-likeness (QED) is 0.832. The molecule has 0 unspecified atom stereocenters. The second kappa shape index (κ2) is 5.10. The van der Waals surface area contributed by atoms with Gasteiger partial charge >= 0.3 is 0 Å². The molecule has 0 bridgehead atoms. The monoisotopic (exact) mass is 256 g/mol. The summed E-state index contributed by atoms with van der Waals surface area (Å²) < 4.78 is 0.827. The van der Waals surface area contributed by atoms with Crippen LogP contribution in [0.3, 0.4) is 0 Å². The first-order chi connectivity index (χ1) is 6.65. The lowest BCUT2D eigenvalue weighted by molar-refractivity contribution is 0.0794. The van der Waals surface area contributed by atoms with Gasteiger partial charge < -0.3 is 4.90 Å². The van der Waals surface area contributed by atoms with Crippen LogP contribution >= 0.6 is 15.9 Å². The molecule has 0 atom stereocenters. The Hall–Kier alpha value is -0.900. The third-order valence-electron chi connectivity index (χ3n) is 1.86. The molecule has 1 heterocycles. The maximum Gasteiger partial charge on any atom is 0.255 e. The minimum Gasteiger partial charge on any atom is -0.342 e. The number of amides is 1. The number of pyridine rings is 1. The number of carbonyl (C=O) groups excluding carboxylic acids is 1. The van der Waals surface area contributed by atoms with Crippen LogP contribution in [0.25, 0.3) is 0 Å². The average molecular weight is 257 g/mol. The summed E-state index contributed by atoms with van der Waals surface area (Å²) in [6, 6.07) is 1.78. The number of rotatable bonds is 3. The number of hydrogen-bond acceptors (Lipinski definition) is 2. The zero-order chi connectivity index (χ0) is 10.6. The largest absolute Gasteiger partial charge is 0.342 e. The summed E-state index contributed by atoms with van der Waals surface area (Å²) in [5.41, 5.74) is 0.621. The normalized spacial score (nSPS) is 9.93. The average Bonchev–Trinajstić information content (AvgIpc) is 2.17. The molecule has 0 saturated carbocycles. The van der Waals surface area contributed by atoms with E-state index < -0.39 is 0 Å². The van der Waals surface area contributed by atoms with E-state index >= 15 is 0 Å². The third kappa shape index (κ3) is 2.80. The van der Waals surface area contributed by atoms with Crippen molar-refractivity contribution in [1.29, 1.82) is 0 Å². The number of halogens is 1. The molecule has 0 radical (unpaired) electrons.